The van der Waals surface area contributed by atoms with E-state index in [1.165, 1.54) is 11.8 Å². The first-order valence-electron chi connectivity index (χ1n) is 7.88. The number of nitrogens with zero attached hydrogens (tertiary/aromatic N) is 4. The van der Waals surface area contributed by atoms with Crippen LogP contribution in [-0.2, 0) is 4.79 Å². The molecular formula is C15H31N7O2S. The molecular weight excluding hydrogens is 342 g/mol. The van der Waals surface area contributed by atoms with Crippen LogP contribution in [0.3, 0.4) is 0 Å². The first-order chi connectivity index (χ1) is 11.6. The zero-order valence-corrected chi connectivity index (χ0v) is 16.5. The van der Waals surface area contributed by atoms with Gasteiger partial charge in [0.2, 0.25) is 17.8 Å². The summed E-state index contributed by atoms with van der Waals surface area (Å²) in [5.74, 6) is 2.09. The van der Waals surface area contributed by atoms with E-state index in [0.29, 0.717) is 11.8 Å². The molecule has 9 nitrogen and oxygen atoms in total. The number of rotatable bonds is 5. The molecule has 0 aromatic carbocycles. The average Bonchev–Trinajstić information content (AvgIpc) is 2.47. The fraction of sp³-hybridized carbons (Fsp3) is 0.667. The maximum absolute atomic E-state index is 11.7. The molecule has 1 aromatic rings. The third-order valence-electron chi connectivity index (χ3n) is 2.38. The van der Waals surface area contributed by atoms with Crippen LogP contribution in [0, 0.1) is 11.8 Å². The first-order valence-corrected chi connectivity index (χ1v) is 8.87. The molecule has 0 saturated carbocycles. The van der Waals surface area contributed by atoms with Gasteiger partial charge >= 0.3 is 0 Å². The predicted molar refractivity (Wildman–Crippen MR) is 105 cm³/mol. The molecule has 0 bridgehead atoms. The molecule has 0 aliphatic carbocycles. The van der Waals surface area contributed by atoms with Crippen molar-refractivity contribution in [1.82, 2.24) is 19.9 Å². The lowest BCUT2D eigenvalue weighted by molar-refractivity contribution is -0.0979. The smallest absolute Gasteiger partial charge is 0.281 e. The van der Waals surface area contributed by atoms with E-state index in [1.54, 1.807) is 0 Å². The molecule has 6 N–H and O–H groups in total. The van der Waals surface area contributed by atoms with Gasteiger partial charge in [0.1, 0.15) is 6.79 Å². The third-order valence-corrected chi connectivity index (χ3v) is 3.18. The van der Waals surface area contributed by atoms with Crippen molar-refractivity contribution in [2.75, 3.05) is 36.0 Å². The topological polar surface area (TPSA) is 154 Å². The highest BCUT2D eigenvalue weighted by Crippen LogP contribution is 2.12. The number of carbonyl (C=O) groups excluding carboxylic acids is 2. The maximum atomic E-state index is 11.7. The van der Waals surface area contributed by atoms with Crippen molar-refractivity contribution in [1.29, 1.82) is 0 Å². The number of nitrogens with two attached hydrogens (primary N) is 3. The molecule has 144 valence electrons. The number of amides is 1. The Morgan fingerprint density at radius 2 is 1.28 bits per heavy atom. The summed E-state index contributed by atoms with van der Waals surface area (Å²) >= 11 is 1.41. The van der Waals surface area contributed by atoms with Gasteiger partial charge in [-0.2, -0.15) is 15.0 Å². The molecule has 0 fully saturated rings. The van der Waals surface area contributed by atoms with Gasteiger partial charge in [0.05, 0.1) is 0 Å². The van der Waals surface area contributed by atoms with Crippen molar-refractivity contribution >= 4 is 41.6 Å². The van der Waals surface area contributed by atoms with Crippen molar-refractivity contribution in [3.63, 3.8) is 0 Å². The fourth-order valence-corrected chi connectivity index (χ4v) is 2.33. The van der Waals surface area contributed by atoms with Gasteiger partial charge in [-0.25, -0.2) is 0 Å². The van der Waals surface area contributed by atoms with Crippen LogP contribution in [0.4, 0.5) is 22.6 Å². The highest BCUT2D eigenvalue weighted by Gasteiger charge is 2.15. The number of aromatic nitrogens is 3. The first kappa shape index (κ1) is 25.1. The summed E-state index contributed by atoms with van der Waals surface area (Å²) in [5, 5.41) is 0.231. The Hall–Kier alpha value is -2.10. The Kier molecular flexibility index (Phi) is 14.3. The summed E-state index contributed by atoms with van der Waals surface area (Å²) in [6, 6.07) is 0. The quantitative estimate of drug-likeness (QED) is 0.701. The van der Waals surface area contributed by atoms with Crippen LogP contribution in [0.5, 0.6) is 0 Å². The number of hydrogen-bond acceptors (Lipinski definition) is 9. The zero-order valence-electron chi connectivity index (χ0n) is 15.7. The second kappa shape index (κ2) is 14.3. The number of thioether (sulfide) groups is 1. The lowest BCUT2D eigenvalue weighted by atomic mass is 10.1. The predicted octanol–water partition coefficient (Wildman–Crippen LogP) is 1.91. The molecule has 0 unspecified atom stereocenters. The van der Waals surface area contributed by atoms with Crippen LogP contribution in [-0.4, -0.2) is 50.7 Å². The maximum Gasteiger partial charge on any atom is 0.281 e. The van der Waals surface area contributed by atoms with Gasteiger partial charge in [-0.05, 0) is 17.6 Å². The largest absolute Gasteiger partial charge is 0.368 e. The molecule has 1 amide bonds. The van der Waals surface area contributed by atoms with E-state index >= 15 is 0 Å². The van der Waals surface area contributed by atoms with Gasteiger partial charge in [-0.1, -0.05) is 46.4 Å². The molecule has 0 atom stereocenters. The minimum atomic E-state index is 0.0417. The molecule has 1 heterocycles. The molecule has 25 heavy (non-hydrogen) atoms. The minimum absolute atomic E-state index is 0.0417. The molecule has 0 aliphatic rings. The third kappa shape index (κ3) is 14.0. The Balaban J connectivity index is 0. The number of hydrogen-bond donors (Lipinski definition) is 3. The Morgan fingerprint density at radius 1 is 0.960 bits per heavy atom. The second-order valence-corrected chi connectivity index (χ2v) is 7.02. The lowest BCUT2D eigenvalue weighted by Gasteiger charge is -2.25. The van der Waals surface area contributed by atoms with Gasteiger partial charge < -0.3 is 26.9 Å². The summed E-state index contributed by atoms with van der Waals surface area (Å²) in [4.78, 5) is 32.1. The molecule has 0 spiro atoms. The van der Waals surface area contributed by atoms with E-state index in [9.17, 15) is 4.79 Å². The molecule has 0 saturated heterocycles. The Bertz CT molecular complexity index is 440. The molecule has 0 aliphatic heterocycles. The summed E-state index contributed by atoms with van der Waals surface area (Å²) in [7, 11) is 0. The van der Waals surface area contributed by atoms with Crippen LogP contribution in [0.1, 0.15) is 34.6 Å². The second-order valence-electron chi connectivity index (χ2n) is 5.80. The number of nitrogen functional groups attached to an aromatic ring is 3. The van der Waals surface area contributed by atoms with Gasteiger partial charge in [0.15, 0.2) is 0 Å². The number of anilines is 3. The van der Waals surface area contributed by atoms with Crippen LogP contribution >= 0.6 is 11.8 Å². The zero-order chi connectivity index (χ0) is 20.0. The molecule has 1 aromatic heterocycles. The van der Waals surface area contributed by atoms with Crippen LogP contribution in [0.15, 0.2) is 0 Å². The summed E-state index contributed by atoms with van der Waals surface area (Å²) in [5.41, 5.74) is 15.4. The molecule has 1 rings (SSSR count). The fourth-order valence-electron chi connectivity index (χ4n) is 1.75. The van der Waals surface area contributed by atoms with Crippen molar-refractivity contribution in [3.8, 4) is 0 Å². The van der Waals surface area contributed by atoms with Gasteiger partial charge in [0, 0.05) is 13.1 Å². The van der Waals surface area contributed by atoms with E-state index in [2.05, 4.69) is 42.6 Å². The Morgan fingerprint density at radius 3 is 1.52 bits per heavy atom. The molecule has 0 radical (unpaired) electrons. The van der Waals surface area contributed by atoms with E-state index in [4.69, 9.17) is 22.0 Å². The average molecular weight is 374 g/mol. The van der Waals surface area contributed by atoms with E-state index in [0.717, 1.165) is 18.8 Å². The minimum Gasteiger partial charge on any atom is -0.368 e. The summed E-state index contributed by atoms with van der Waals surface area (Å²) < 4.78 is 0. The normalized spacial score (nSPS) is 9.72. The van der Waals surface area contributed by atoms with Crippen molar-refractivity contribution in [2.24, 2.45) is 11.8 Å². The van der Waals surface area contributed by atoms with Crippen LogP contribution in [0.25, 0.3) is 0 Å². The van der Waals surface area contributed by atoms with Crippen molar-refractivity contribution < 1.29 is 9.59 Å². The Labute approximate surface area is 154 Å². The van der Waals surface area contributed by atoms with Gasteiger partial charge in [-0.3, -0.25) is 4.79 Å². The van der Waals surface area contributed by atoms with E-state index in [1.807, 2.05) is 18.6 Å². The number of carbonyl (C=O) groups is 2. The van der Waals surface area contributed by atoms with E-state index < -0.39 is 0 Å². The van der Waals surface area contributed by atoms with Crippen LogP contribution in [0.2, 0.25) is 0 Å². The monoisotopic (exact) mass is 373 g/mol. The van der Waals surface area contributed by atoms with Gasteiger partial charge in [-0.15, -0.1) is 0 Å². The SMILES string of the molecule is C=O.CCSC(=O)N(CC(C)C)CC(C)C.Nc1nc(N)nc(N)n1. The highest BCUT2D eigenvalue weighted by atomic mass is 32.2. The van der Waals surface area contributed by atoms with Crippen LogP contribution < -0.4 is 17.2 Å². The summed E-state index contributed by atoms with van der Waals surface area (Å²) in [6.45, 7) is 14.4. The van der Waals surface area contributed by atoms with E-state index in [-0.39, 0.29) is 23.1 Å². The lowest BCUT2D eigenvalue weighted by Crippen LogP contribution is -2.34. The van der Waals surface area contributed by atoms with Gasteiger partial charge in [0.25, 0.3) is 5.24 Å². The summed E-state index contributed by atoms with van der Waals surface area (Å²) in [6.07, 6.45) is 0. The molecule has 10 heteroatoms. The highest BCUT2D eigenvalue weighted by molar-refractivity contribution is 8.13. The van der Waals surface area contributed by atoms with Crippen molar-refractivity contribution in [2.45, 2.75) is 34.6 Å². The van der Waals surface area contributed by atoms with Crippen molar-refractivity contribution in [3.05, 3.63) is 0 Å². The standard InChI is InChI=1S/C11H23NOS.C3H6N6.CH2O/c1-6-14-11(13)12(7-9(2)3)8-10(4)5;4-1-7-2(5)9-3(6)8-1;1-2/h9-10H,6-8H2,1-5H3;(H6,4,5,6,7,8,9);1H2.